The number of hydrogen-bond acceptors (Lipinski definition) is 3. The van der Waals surface area contributed by atoms with Gasteiger partial charge in [0, 0.05) is 12.3 Å². The molecule has 3 nitrogen and oxygen atoms in total. The summed E-state index contributed by atoms with van der Waals surface area (Å²) in [5, 5.41) is 8.62. The van der Waals surface area contributed by atoms with Gasteiger partial charge in [0.1, 0.15) is 11.8 Å². The first kappa shape index (κ1) is 10.7. The highest BCUT2D eigenvalue weighted by Crippen LogP contribution is 2.27. The molecule has 0 saturated heterocycles. The van der Waals surface area contributed by atoms with Crippen molar-refractivity contribution in [2.24, 2.45) is 0 Å². The fourth-order valence-electron chi connectivity index (χ4n) is 1.15. The van der Waals surface area contributed by atoms with Gasteiger partial charge < -0.3 is 4.74 Å². The van der Waals surface area contributed by atoms with Crippen LogP contribution >= 0.6 is 15.9 Å². The number of aromatic nitrogens is 1. The number of halogens is 1. The quantitative estimate of drug-likeness (QED) is 0.842. The van der Waals surface area contributed by atoms with Crippen molar-refractivity contribution in [3.63, 3.8) is 0 Å². The summed E-state index contributed by atoms with van der Waals surface area (Å²) in [7, 11) is 0. The Balaban J connectivity index is 2.22. The van der Waals surface area contributed by atoms with E-state index in [1.165, 1.54) is 6.20 Å². The lowest BCUT2D eigenvalue weighted by Crippen LogP contribution is -1.88. The second-order valence-corrected chi connectivity index (χ2v) is 3.88. The van der Waals surface area contributed by atoms with Gasteiger partial charge in [-0.15, -0.1) is 0 Å². The fraction of sp³-hybridized carbons (Fsp3) is 0. The lowest BCUT2D eigenvalue weighted by molar-refractivity contribution is 0.460. The summed E-state index contributed by atoms with van der Waals surface area (Å²) >= 11 is 3.38. The molecule has 0 aliphatic rings. The average Bonchev–Trinajstić information content (AvgIpc) is 2.33. The summed E-state index contributed by atoms with van der Waals surface area (Å²) in [5.41, 5.74) is 0.513. The molecule has 0 aliphatic heterocycles. The summed E-state index contributed by atoms with van der Waals surface area (Å²) in [6, 6.07) is 12.8. The van der Waals surface area contributed by atoms with Crippen molar-refractivity contribution in [2.75, 3.05) is 0 Å². The largest absolute Gasteiger partial charge is 0.438 e. The van der Waals surface area contributed by atoms with Gasteiger partial charge in [-0.3, -0.25) is 0 Å². The van der Waals surface area contributed by atoms with E-state index in [1.54, 1.807) is 12.1 Å². The van der Waals surface area contributed by atoms with Gasteiger partial charge in [0.05, 0.1) is 10.0 Å². The minimum Gasteiger partial charge on any atom is -0.438 e. The predicted molar refractivity (Wildman–Crippen MR) is 63.2 cm³/mol. The molecule has 16 heavy (non-hydrogen) atoms. The van der Waals surface area contributed by atoms with E-state index in [9.17, 15) is 0 Å². The van der Waals surface area contributed by atoms with Crippen LogP contribution in [0.3, 0.4) is 0 Å². The zero-order chi connectivity index (χ0) is 11.4. The van der Waals surface area contributed by atoms with Gasteiger partial charge in [-0.1, -0.05) is 12.1 Å². The molecule has 0 fully saturated rings. The average molecular weight is 275 g/mol. The third-order valence-corrected chi connectivity index (χ3v) is 2.57. The van der Waals surface area contributed by atoms with E-state index >= 15 is 0 Å². The number of para-hydroxylation sites is 1. The highest BCUT2D eigenvalue weighted by atomic mass is 79.9. The van der Waals surface area contributed by atoms with E-state index in [0.29, 0.717) is 17.2 Å². The highest BCUT2D eigenvalue weighted by Gasteiger charge is 2.02. The molecule has 1 aromatic carbocycles. The number of nitrogens with zero attached hydrogens (tertiary/aromatic N) is 2. The maximum atomic E-state index is 8.62. The van der Waals surface area contributed by atoms with E-state index in [2.05, 4.69) is 20.9 Å². The normalized spacial score (nSPS) is 9.50. The smallest absolute Gasteiger partial charge is 0.219 e. The zero-order valence-electron chi connectivity index (χ0n) is 8.22. The van der Waals surface area contributed by atoms with Gasteiger partial charge in [0.15, 0.2) is 0 Å². The first-order valence-corrected chi connectivity index (χ1v) is 5.37. The van der Waals surface area contributed by atoms with E-state index in [1.807, 2.05) is 30.3 Å². The number of hydrogen-bond donors (Lipinski definition) is 0. The third-order valence-electron chi connectivity index (χ3n) is 1.92. The Bertz CT molecular complexity index is 531. The van der Waals surface area contributed by atoms with Gasteiger partial charge in [0.2, 0.25) is 5.88 Å². The Kier molecular flexibility index (Phi) is 3.18. The minimum absolute atomic E-state index is 0.464. The fourth-order valence-corrected chi connectivity index (χ4v) is 1.51. The maximum Gasteiger partial charge on any atom is 0.219 e. The highest BCUT2D eigenvalue weighted by molar-refractivity contribution is 9.10. The molecule has 0 bridgehead atoms. The van der Waals surface area contributed by atoms with Crippen LogP contribution in [0.5, 0.6) is 11.6 Å². The van der Waals surface area contributed by atoms with Crippen LogP contribution in [0.15, 0.2) is 47.1 Å². The molecule has 1 aromatic heterocycles. The number of pyridine rings is 1. The van der Waals surface area contributed by atoms with E-state index in [4.69, 9.17) is 10.00 Å². The maximum absolute atomic E-state index is 8.62. The van der Waals surface area contributed by atoms with Gasteiger partial charge >= 0.3 is 0 Å². The molecule has 2 aromatic rings. The van der Waals surface area contributed by atoms with Crippen LogP contribution in [0.2, 0.25) is 0 Å². The molecule has 0 amide bonds. The standard InChI is InChI=1S/C12H7BrN2O/c13-10-3-1-2-4-11(10)16-12-6-5-9(7-14)8-15-12/h1-6,8H. The first-order chi connectivity index (χ1) is 7.79. The van der Waals surface area contributed by atoms with Crippen LogP contribution in [-0.4, -0.2) is 4.98 Å². The summed E-state index contributed by atoms with van der Waals surface area (Å²) in [6.45, 7) is 0. The van der Waals surface area contributed by atoms with E-state index < -0.39 is 0 Å². The molecular weight excluding hydrogens is 268 g/mol. The van der Waals surface area contributed by atoms with Crippen LogP contribution in [0, 0.1) is 11.3 Å². The monoisotopic (exact) mass is 274 g/mol. The van der Waals surface area contributed by atoms with Crippen LogP contribution in [0.4, 0.5) is 0 Å². The summed E-state index contributed by atoms with van der Waals surface area (Å²) in [4.78, 5) is 4.02. The van der Waals surface area contributed by atoms with Crippen molar-refractivity contribution in [2.45, 2.75) is 0 Å². The topological polar surface area (TPSA) is 45.9 Å². The minimum atomic E-state index is 0.464. The van der Waals surface area contributed by atoms with Gasteiger partial charge in [-0.05, 0) is 34.1 Å². The molecule has 0 unspecified atom stereocenters. The third kappa shape index (κ3) is 2.38. The molecule has 0 radical (unpaired) electrons. The second kappa shape index (κ2) is 4.77. The Morgan fingerprint density at radius 1 is 1.19 bits per heavy atom. The lowest BCUT2D eigenvalue weighted by atomic mass is 10.3. The van der Waals surface area contributed by atoms with Gasteiger partial charge in [-0.25, -0.2) is 4.98 Å². The Hall–Kier alpha value is -1.86. The lowest BCUT2D eigenvalue weighted by Gasteiger charge is -2.05. The molecular formula is C12H7BrN2O. The van der Waals surface area contributed by atoms with Gasteiger partial charge in [0.25, 0.3) is 0 Å². The summed E-state index contributed by atoms with van der Waals surface area (Å²) in [5.74, 6) is 1.16. The molecule has 0 atom stereocenters. The second-order valence-electron chi connectivity index (χ2n) is 3.03. The Morgan fingerprint density at radius 2 is 2.00 bits per heavy atom. The number of benzene rings is 1. The SMILES string of the molecule is N#Cc1ccc(Oc2ccccc2Br)nc1. The molecule has 0 spiro atoms. The molecule has 78 valence electrons. The van der Waals surface area contributed by atoms with Crippen molar-refractivity contribution < 1.29 is 4.74 Å². The van der Waals surface area contributed by atoms with Crippen LogP contribution in [0.25, 0.3) is 0 Å². The zero-order valence-corrected chi connectivity index (χ0v) is 9.81. The molecule has 0 N–H and O–H groups in total. The molecule has 1 heterocycles. The Morgan fingerprint density at radius 3 is 2.62 bits per heavy atom. The van der Waals surface area contributed by atoms with E-state index in [-0.39, 0.29) is 0 Å². The Labute approximate surface area is 101 Å². The van der Waals surface area contributed by atoms with Crippen LogP contribution in [0.1, 0.15) is 5.56 Å². The molecule has 0 aliphatic carbocycles. The van der Waals surface area contributed by atoms with Gasteiger partial charge in [-0.2, -0.15) is 5.26 Å². The number of nitriles is 1. The first-order valence-electron chi connectivity index (χ1n) is 4.58. The number of rotatable bonds is 2. The van der Waals surface area contributed by atoms with Crippen molar-refractivity contribution in [3.05, 3.63) is 52.6 Å². The number of ether oxygens (including phenoxy) is 1. The molecule has 2 rings (SSSR count). The van der Waals surface area contributed by atoms with Crippen molar-refractivity contribution in [3.8, 4) is 17.7 Å². The van der Waals surface area contributed by atoms with Crippen molar-refractivity contribution in [1.29, 1.82) is 5.26 Å². The predicted octanol–water partition coefficient (Wildman–Crippen LogP) is 3.51. The summed E-state index contributed by atoms with van der Waals surface area (Å²) in [6.07, 6.45) is 1.48. The van der Waals surface area contributed by atoms with Crippen molar-refractivity contribution in [1.82, 2.24) is 4.98 Å². The summed E-state index contributed by atoms with van der Waals surface area (Å²) < 4.78 is 6.40. The molecule has 0 saturated carbocycles. The van der Waals surface area contributed by atoms with Crippen LogP contribution < -0.4 is 4.74 Å². The van der Waals surface area contributed by atoms with Crippen molar-refractivity contribution >= 4 is 15.9 Å². The molecule has 4 heteroatoms. The van der Waals surface area contributed by atoms with Crippen LogP contribution in [-0.2, 0) is 0 Å². The van der Waals surface area contributed by atoms with E-state index in [0.717, 1.165) is 4.47 Å².